The van der Waals surface area contributed by atoms with E-state index in [0.717, 1.165) is 29.0 Å². The van der Waals surface area contributed by atoms with Gasteiger partial charge in [-0.3, -0.25) is 0 Å². The summed E-state index contributed by atoms with van der Waals surface area (Å²) >= 11 is 0. The molecule has 3 rings (SSSR count). The molecule has 1 aliphatic carbocycles. The molecule has 2 aromatic carbocycles. The fourth-order valence-corrected chi connectivity index (χ4v) is 3.29. The highest BCUT2D eigenvalue weighted by molar-refractivity contribution is 14.0. The summed E-state index contributed by atoms with van der Waals surface area (Å²) in [4.78, 5) is 4.49. The molecule has 28 heavy (non-hydrogen) atoms. The van der Waals surface area contributed by atoms with E-state index in [2.05, 4.69) is 34.6 Å². The Balaban J connectivity index is 0.00000280. The first-order valence-electron chi connectivity index (χ1n) is 9.64. The van der Waals surface area contributed by atoms with E-state index in [1.165, 1.54) is 24.0 Å². The molecule has 1 aliphatic rings. The van der Waals surface area contributed by atoms with Crippen LogP contribution in [0.15, 0.2) is 41.4 Å². The van der Waals surface area contributed by atoms with Gasteiger partial charge in [0, 0.05) is 17.9 Å². The lowest BCUT2D eigenvalue weighted by atomic mass is 10.1. The maximum Gasteiger partial charge on any atom is 0.193 e. The summed E-state index contributed by atoms with van der Waals surface area (Å²) in [5.41, 5.74) is 12.1. The van der Waals surface area contributed by atoms with Crippen molar-refractivity contribution in [2.24, 2.45) is 10.7 Å². The fourth-order valence-electron chi connectivity index (χ4n) is 3.29. The number of fused-ring (bicyclic) bond motifs is 1. The number of guanidine groups is 1. The van der Waals surface area contributed by atoms with E-state index in [1.807, 2.05) is 26.0 Å². The highest BCUT2D eigenvalue weighted by Crippen LogP contribution is 2.25. The second-order valence-corrected chi connectivity index (χ2v) is 6.82. The van der Waals surface area contributed by atoms with Crippen molar-refractivity contribution < 1.29 is 9.47 Å². The zero-order chi connectivity index (χ0) is 19.1. The van der Waals surface area contributed by atoms with Gasteiger partial charge in [-0.2, -0.15) is 0 Å². The van der Waals surface area contributed by atoms with Crippen LogP contribution < -0.4 is 15.8 Å². The molecule has 0 saturated heterocycles. The quantitative estimate of drug-likeness (QED) is 0.246. The third kappa shape index (κ3) is 6.38. The van der Waals surface area contributed by atoms with Gasteiger partial charge in [-0.15, -0.1) is 24.0 Å². The van der Waals surface area contributed by atoms with E-state index in [0.29, 0.717) is 32.3 Å². The second-order valence-electron chi connectivity index (χ2n) is 6.82. The summed E-state index contributed by atoms with van der Waals surface area (Å²) < 4.78 is 11.2. The number of hydrogen-bond acceptors (Lipinski definition) is 3. The van der Waals surface area contributed by atoms with Crippen LogP contribution in [-0.4, -0.2) is 25.8 Å². The minimum absolute atomic E-state index is 0. The topological polar surface area (TPSA) is 68.9 Å². The van der Waals surface area contributed by atoms with Crippen molar-refractivity contribution in [3.8, 4) is 5.75 Å². The van der Waals surface area contributed by atoms with Crippen molar-refractivity contribution in [3.63, 3.8) is 0 Å². The zero-order valence-electron chi connectivity index (χ0n) is 16.7. The Bertz CT molecular complexity index is 808. The van der Waals surface area contributed by atoms with Crippen LogP contribution in [-0.2, 0) is 24.1 Å². The molecule has 0 spiro atoms. The molecule has 0 aromatic heterocycles. The van der Waals surface area contributed by atoms with Gasteiger partial charge in [-0.1, -0.05) is 18.2 Å². The lowest BCUT2D eigenvalue weighted by Crippen LogP contribution is -2.22. The largest absolute Gasteiger partial charge is 0.491 e. The number of benzene rings is 2. The number of aryl methyl sites for hydroxylation is 3. The van der Waals surface area contributed by atoms with Crippen LogP contribution in [0.4, 0.5) is 5.69 Å². The van der Waals surface area contributed by atoms with Gasteiger partial charge in [0.15, 0.2) is 5.96 Å². The maximum absolute atomic E-state index is 6.10. The molecule has 6 heteroatoms. The molecule has 0 fully saturated rings. The van der Waals surface area contributed by atoms with Gasteiger partial charge in [0.1, 0.15) is 12.4 Å². The molecule has 0 aliphatic heterocycles. The first kappa shape index (κ1) is 22.5. The molecule has 5 nitrogen and oxygen atoms in total. The van der Waals surface area contributed by atoms with Crippen LogP contribution in [0.25, 0.3) is 0 Å². The van der Waals surface area contributed by atoms with Gasteiger partial charge in [-0.25, -0.2) is 4.99 Å². The predicted octanol–water partition coefficient (Wildman–Crippen LogP) is 4.44. The predicted molar refractivity (Wildman–Crippen MR) is 126 cm³/mol. The molecule has 0 bridgehead atoms. The fraction of sp³-hybridized carbons (Fsp3) is 0.409. The summed E-state index contributed by atoms with van der Waals surface area (Å²) in [5, 5.41) is 3.20. The number of nitrogens with one attached hydrogen (secondary N) is 1. The lowest BCUT2D eigenvalue weighted by Gasteiger charge is -2.12. The van der Waals surface area contributed by atoms with Gasteiger partial charge < -0.3 is 20.5 Å². The molecular formula is C22H30IN3O2. The Kier molecular flexibility index (Phi) is 9.05. The van der Waals surface area contributed by atoms with Crippen molar-refractivity contribution in [2.45, 2.75) is 39.7 Å². The first-order valence-corrected chi connectivity index (χ1v) is 9.64. The number of nitrogens with two attached hydrogens (primary N) is 1. The third-order valence-corrected chi connectivity index (χ3v) is 4.70. The van der Waals surface area contributed by atoms with Crippen molar-refractivity contribution in [1.82, 2.24) is 0 Å². The van der Waals surface area contributed by atoms with E-state index in [4.69, 9.17) is 15.2 Å². The summed E-state index contributed by atoms with van der Waals surface area (Å²) in [6.45, 7) is 6.29. The Hall–Kier alpha value is -1.80. The normalized spacial score (nSPS) is 13.0. The summed E-state index contributed by atoms with van der Waals surface area (Å²) in [7, 11) is 0. The second kappa shape index (κ2) is 11.3. The number of nitrogens with zero attached hydrogens (tertiary/aromatic N) is 1. The van der Waals surface area contributed by atoms with Crippen LogP contribution in [0, 0.1) is 6.92 Å². The third-order valence-electron chi connectivity index (χ3n) is 4.70. The molecule has 0 radical (unpaired) electrons. The van der Waals surface area contributed by atoms with Crippen molar-refractivity contribution in [1.29, 1.82) is 0 Å². The van der Waals surface area contributed by atoms with Crippen LogP contribution in [0.5, 0.6) is 5.75 Å². The minimum Gasteiger partial charge on any atom is -0.491 e. The Labute approximate surface area is 184 Å². The van der Waals surface area contributed by atoms with Gasteiger partial charge in [-0.05, 0) is 68.0 Å². The minimum atomic E-state index is 0. The number of rotatable bonds is 8. The van der Waals surface area contributed by atoms with Crippen LogP contribution >= 0.6 is 24.0 Å². The van der Waals surface area contributed by atoms with Crippen LogP contribution in [0.3, 0.4) is 0 Å². The lowest BCUT2D eigenvalue weighted by molar-refractivity contribution is 0.110. The van der Waals surface area contributed by atoms with Crippen LogP contribution in [0.1, 0.15) is 35.6 Å². The highest BCUT2D eigenvalue weighted by atomic mass is 127. The molecule has 2 aromatic rings. The van der Waals surface area contributed by atoms with E-state index >= 15 is 0 Å². The molecular weight excluding hydrogens is 465 g/mol. The summed E-state index contributed by atoms with van der Waals surface area (Å²) in [6.07, 6.45) is 3.56. The molecule has 3 N–H and O–H groups in total. The van der Waals surface area contributed by atoms with Gasteiger partial charge in [0.05, 0.1) is 13.2 Å². The average molecular weight is 495 g/mol. The van der Waals surface area contributed by atoms with E-state index < -0.39 is 0 Å². The molecule has 0 amide bonds. The number of aliphatic imine (C=N–C) groups is 1. The SMILES string of the molecule is CCOCCOc1cc(C)ccc1CN=C(N)Nc1ccc2c(c1)CCC2.I. The maximum atomic E-state index is 6.10. The van der Waals surface area contributed by atoms with Crippen molar-refractivity contribution in [3.05, 3.63) is 58.7 Å². The van der Waals surface area contributed by atoms with E-state index in [-0.39, 0.29) is 24.0 Å². The van der Waals surface area contributed by atoms with Crippen LogP contribution in [0.2, 0.25) is 0 Å². The van der Waals surface area contributed by atoms with Crippen molar-refractivity contribution >= 4 is 35.6 Å². The molecule has 152 valence electrons. The van der Waals surface area contributed by atoms with Gasteiger partial charge >= 0.3 is 0 Å². The Morgan fingerprint density at radius 1 is 1.11 bits per heavy atom. The number of anilines is 1. The van der Waals surface area contributed by atoms with E-state index in [9.17, 15) is 0 Å². The van der Waals surface area contributed by atoms with E-state index in [1.54, 1.807) is 0 Å². The summed E-state index contributed by atoms with van der Waals surface area (Å²) in [5.74, 6) is 1.25. The Morgan fingerprint density at radius 3 is 2.75 bits per heavy atom. The molecule has 0 saturated carbocycles. The van der Waals surface area contributed by atoms with Gasteiger partial charge in [0.25, 0.3) is 0 Å². The highest BCUT2D eigenvalue weighted by Gasteiger charge is 2.11. The smallest absolute Gasteiger partial charge is 0.193 e. The Morgan fingerprint density at radius 2 is 1.93 bits per heavy atom. The van der Waals surface area contributed by atoms with Crippen molar-refractivity contribution in [2.75, 3.05) is 25.1 Å². The molecule has 0 atom stereocenters. The zero-order valence-corrected chi connectivity index (χ0v) is 19.0. The molecule has 0 heterocycles. The van der Waals surface area contributed by atoms with Gasteiger partial charge in [0.2, 0.25) is 0 Å². The number of halogens is 1. The standard InChI is InChI=1S/C22H29N3O2.HI/c1-3-26-11-12-27-21-13-16(2)7-8-19(21)15-24-22(23)25-20-10-9-17-5-4-6-18(17)14-20;/h7-10,13-14H,3-6,11-12,15H2,1-2H3,(H3,23,24,25);1H. The summed E-state index contributed by atoms with van der Waals surface area (Å²) in [6, 6.07) is 12.6. The molecule has 0 unspecified atom stereocenters. The number of ether oxygens (including phenoxy) is 2. The average Bonchev–Trinajstić information content (AvgIpc) is 3.12. The monoisotopic (exact) mass is 495 g/mol. The first-order chi connectivity index (χ1) is 13.2. The number of hydrogen-bond donors (Lipinski definition) is 2.